The summed E-state index contributed by atoms with van der Waals surface area (Å²) < 4.78 is 1.39. The number of aromatic nitrogens is 1. The Kier molecular flexibility index (Phi) is 4.07. The zero-order valence-corrected chi connectivity index (χ0v) is 10.4. The maximum atomic E-state index is 11.9. The van der Waals surface area contributed by atoms with Crippen molar-refractivity contribution >= 4 is 5.91 Å². The quantitative estimate of drug-likeness (QED) is 0.791. The van der Waals surface area contributed by atoms with Crippen molar-refractivity contribution in [2.45, 2.75) is 25.8 Å². The summed E-state index contributed by atoms with van der Waals surface area (Å²) in [5, 5.41) is 11.9. The molecule has 0 aromatic carbocycles. The average molecular weight is 238 g/mol. The molecule has 17 heavy (non-hydrogen) atoms. The number of aliphatic hydroxyl groups is 1. The molecule has 1 aromatic heterocycles. The van der Waals surface area contributed by atoms with Crippen molar-refractivity contribution in [3.63, 3.8) is 0 Å². The predicted molar refractivity (Wildman–Crippen MR) is 64.9 cm³/mol. The monoisotopic (exact) mass is 238 g/mol. The second-order valence-electron chi connectivity index (χ2n) is 4.39. The highest BCUT2D eigenvalue weighted by molar-refractivity contribution is 5.94. The van der Waals surface area contributed by atoms with Gasteiger partial charge in [0, 0.05) is 24.9 Å². The van der Waals surface area contributed by atoms with E-state index >= 15 is 0 Å². The van der Waals surface area contributed by atoms with Gasteiger partial charge in [-0.05, 0) is 19.4 Å². The summed E-state index contributed by atoms with van der Waals surface area (Å²) in [5.41, 5.74) is -0.584. The third-order valence-electron chi connectivity index (χ3n) is 2.91. The molecule has 0 aliphatic heterocycles. The molecule has 94 valence electrons. The van der Waals surface area contributed by atoms with Crippen LogP contribution in [0.3, 0.4) is 0 Å². The van der Waals surface area contributed by atoms with Gasteiger partial charge >= 0.3 is 0 Å². The van der Waals surface area contributed by atoms with Crippen LogP contribution in [0.2, 0.25) is 0 Å². The summed E-state index contributed by atoms with van der Waals surface area (Å²) in [6, 6.07) is 2.85. The molecular weight excluding hydrogens is 220 g/mol. The zero-order valence-electron chi connectivity index (χ0n) is 10.4. The van der Waals surface area contributed by atoms with E-state index in [9.17, 15) is 14.7 Å². The Morgan fingerprint density at radius 3 is 2.71 bits per heavy atom. The molecule has 0 spiro atoms. The summed E-state index contributed by atoms with van der Waals surface area (Å²) in [7, 11) is 1.62. The number of hydrogen-bond donors (Lipinski definition) is 2. The van der Waals surface area contributed by atoms with Gasteiger partial charge in [-0.2, -0.15) is 0 Å². The molecule has 1 atom stereocenters. The van der Waals surface area contributed by atoms with Gasteiger partial charge in [-0.25, -0.2) is 0 Å². The van der Waals surface area contributed by atoms with E-state index < -0.39 is 5.54 Å². The van der Waals surface area contributed by atoms with Gasteiger partial charge in [-0.15, -0.1) is 0 Å². The minimum absolute atomic E-state index is 0.139. The number of pyridine rings is 1. The van der Waals surface area contributed by atoms with Crippen molar-refractivity contribution in [2.24, 2.45) is 7.05 Å². The molecule has 5 heteroatoms. The van der Waals surface area contributed by atoms with Crippen molar-refractivity contribution in [3.8, 4) is 0 Å². The Morgan fingerprint density at radius 2 is 2.24 bits per heavy atom. The fourth-order valence-electron chi connectivity index (χ4n) is 1.28. The molecule has 0 fully saturated rings. The lowest BCUT2D eigenvalue weighted by atomic mass is 10.00. The van der Waals surface area contributed by atoms with Crippen LogP contribution in [0.15, 0.2) is 23.1 Å². The Morgan fingerprint density at radius 1 is 1.59 bits per heavy atom. The first-order valence-corrected chi connectivity index (χ1v) is 5.52. The Hall–Kier alpha value is -1.62. The molecule has 0 bridgehead atoms. The van der Waals surface area contributed by atoms with Crippen molar-refractivity contribution in [2.75, 3.05) is 6.61 Å². The molecule has 1 unspecified atom stereocenters. The topological polar surface area (TPSA) is 71.3 Å². The van der Waals surface area contributed by atoms with E-state index in [1.54, 1.807) is 26.2 Å². The van der Waals surface area contributed by atoms with Crippen molar-refractivity contribution < 1.29 is 9.90 Å². The predicted octanol–water partition coefficient (Wildman–Crippen LogP) is 0.276. The van der Waals surface area contributed by atoms with Crippen LogP contribution < -0.4 is 10.9 Å². The van der Waals surface area contributed by atoms with Crippen LogP contribution in [0.25, 0.3) is 0 Å². The van der Waals surface area contributed by atoms with Gasteiger partial charge in [0.15, 0.2) is 0 Å². The van der Waals surface area contributed by atoms with Crippen LogP contribution in [-0.2, 0) is 7.05 Å². The maximum Gasteiger partial charge on any atom is 0.252 e. The molecular formula is C12H18N2O3. The third-order valence-corrected chi connectivity index (χ3v) is 2.91. The smallest absolute Gasteiger partial charge is 0.252 e. The lowest BCUT2D eigenvalue weighted by molar-refractivity contribution is 0.0847. The second kappa shape index (κ2) is 5.14. The van der Waals surface area contributed by atoms with E-state index in [-0.39, 0.29) is 18.1 Å². The van der Waals surface area contributed by atoms with Gasteiger partial charge in [0.25, 0.3) is 11.5 Å². The fraction of sp³-hybridized carbons (Fsp3) is 0.500. The lowest BCUT2D eigenvalue weighted by Gasteiger charge is -2.27. The molecule has 1 amide bonds. The Labute approximate surface area is 100 Å². The number of carbonyl (C=O) groups excluding carboxylic acids is 1. The van der Waals surface area contributed by atoms with Crippen LogP contribution in [0.4, 0.5) is 0 Å². The first kappa shape index (κ1) is 13.4. The summed E-state index contributed by atoms with van der Waals surface area (Å²) in [4.78, 5) is 23.3. The Balaban J connectivity index is 2.90. The van der Waals surface area contributed by atoms with Crippen LogP contribution in [0.5, 0.6) is 0 Å². The fourth-order valence-corrected chi connectivity index (χ4v) is 1.28. The van der Waals surface area contributed by atoms with Gasteiger partial charge < -0.3 is 15.0 Å². The largest absolute Gasteiger partial charge is 0.394 e. The second-order valence-corrected chi connectivity index (χ2v) is 4.39. The van der Waals surface area contributed by atoms with Crippen LogP contribution in [-0.4, -0.2) is 27.7 Å². The standard InChI is InChI=1S/C12H18N2O3/c1-4-12(2,8-15)13-11(17)9-5-6-14(3)10(16)7-9/h5-7,15H,4,8H2,1-3H3,(H,13,17). The highest BCUT2D eigenvalue weighted by atomic mass is 16.3. The average Bonchev–Trinajstić information content (AvgIpc) is 2.32. The number of hydrogen-bond acceptors (Lipinski definition) is 3. The maximum absolute atomic E-state index is 11.9. The number of aryl methyl sites for hydroxylation is 1. The van der Waals surface area contributed by atoms with Gasteiger partial charge in [0.2, 0.25) is 0 Å². The molecule has 0 radical (unpaired) electrons. The lowest BCUT2D eigenvalue weighted by Crippen LogP contribution is -2.48. The van der Waals surface area contributed by atoms with E-state index in [1.807, 2.05) is 6.92 Å². The van der Waals surface area contributed by atoms with E-state index in [2.05, 4.69) is 5.32 Å². The van der Waals surface area contributed by atoms with Crippen molar-refractivity contribution in [3.05, 3.63) is 34.2 Å². The number of carbonyl (C=O) groups is 1. The molecule has 0 aliphatic carbocycles. The molecule has 1 heterocycles. The number of nitrogens with zero attached hydrogens (tertiary/aromatic N) is 1. The molecule has 0 aliphatic rings. The summed E-state index contributed by atoms with van der Waals surface area (Å²) in [6.45, 7) is 3.49. The number of amides is 1. The van der Waals surface area contributed by atoms with E-state index in [0.717, 1.165) is 0 Å². The summed E-state index contributed by atoms with van der Waals surface area (Å²) in [6.07, 6.45) is 2.15. The van der Waals surface area contributed by atoms with Crippen LogP contribution in [0.1, 0.15) is 30.6 Å². The van der Waals surface area contributed by atoms with Gasteiger partial charge in [0.05, 0.1) is 12.1 Å². The molecule has 1 rings (SSSR count). The van der Waals surface area contributed by atoms with Crippen LogP contribution in [0, 0.1) is 0 Å². The number of aliphatic hydroxyl groups excluding tert-OH is 1. The third kappa shape index (κ3) is 3.17. The molecule has 0 saturated heterocycles. The van der Waals surface area contributed by atoms with Crippen LogP contribution >= 0.6 is 0 Å². The minimum atomic E-state index is -0.655. The first-order chi connectivity index (χ1) is 7.91. The minimum Gasteiger partial charge on any atom is -0.394 e. The first-order valence-electron chi connectivity index (χ1n) is 5.52. The highest BCUT2D eigenvalue weighted by Crippen LogP contribution is 2.09. The SMILES string of the molecule is CCC(C)(CO)NC(=O)c1ccn(C)c(=O)c1. The van der Waals surface area contributed by atoms with Gasteiger partial charge in [0.1, 0.15) is 0 Å². The van der Waals surface area contributed by atoms with Gasteiger partial charge in [-0.3, -0.25) is 9.59 Å². The van der Waals surface area contributed by atoms with E-state index in [1.165, 1.54) is 10.6 Å². The molecule has 5 nitrogen and oxygen atoms in total. The zero-order chi connectivity index (χ0) is 13.1. The Bertz CT molecular complexity index is 461. The number of nitrogens with one attached hydrogen (secondary N) is 1. The van der Waals surface area contributed by atoms with Gasteiger partial charge in [-0.1, -0.05) is 6.92 Å². The molecule has 0 saturated carbocycles. The molecule has 1 aromatic rings. The van der Waals surface area contributed by atoms with Crippen molar-refractivity contribution in [1.29, 1.82) is 0 Å². The summed E-state index contributed by atoms with van der Waals surface area (Å²) >= 11 is 0. The number of rotatable bonds is 4. The highest BCUT2D eigenvalue weighted by Gasteiger charge is 2.23. The van der Waals surface area contributed by atoms with Crippen molar-refractivity contribution in [1.82, 2.24) is 9.88 Å². The van der Waals surface area contributed by atoms with E-state index in [0.29, 0.717) is 12.0 Å². The molecule has 2 N–H and O–H groups in total. The normalized spacial score (nSPS) is 14.1. The van der Waals surface area contributed by atoms with E-state index in [4.69, 9.17) is 0 Å². The summed E-state index contributed by atoms with van der Waals surface area (Å²) in [5.74, 6) is -0.346.